The van der Waals surface area contributed by atoms with Crippen LogP contribution in [0.2, 0.25) is 0 Å². The molecule has 0 spiro atoms. The van der Waals surface area contributed by atoms with Gasteiger partial charge in [0.25, 0.3) is 5.69 Å². The van der Waals surface area contributed by atoms with Gasteiger partial charge in [-0.05, 0) is 108 Å². The molecule has 9 N–H and O–H groups in total. The van der Waals surface area contributed by atoms with Gasteiger partial charge in [-0.1, -0.05) is 44.2 Å². The number of hydrogen-bond donors (Lipinski definition) is 9. The molecule has 0 bridgehead atoms. The Bertz CT molecular complexity index is 2200. The predicted molar refractivity (Wildman–Crippen MR) is 297 cm³/mol. The van der Waals surface area contributed by atoms with Crippen LogP contribution >= 0.6 is 11.8 Å². The molecule has 26 heteroatoms. The monoisotopic (exact) mass is 1150 g/mol. The molecule has 80 heavy (non-hydrogen) atoms. The van der Waals surface area contributed by atoms with Crippen molar-refractivity contribution in [2.75, 3.05) is 104 Å². The average Bonchev–Trinajstić information content (AvgIpc) is 4.30. The summed E-state index contributed by atoms with van der Waals surface area (Å²) in [7, 11) is 0. The number of ether oxygens (including phenoxy) is 4. The lowest BCUT2D eigenvalue weighted by Gasteiger charge is -2.19. The highest BCUT2D eigenvalue weighted by atomic mass is 32.2. The zero-order chi connectivity index (χ0) is 57.3. The molecule has 2 saturated heterocycles. The third-order valence-electron chi connectivity index (χ3n) is 13.6. The Hall–Kier alpha value is -5.38. The average molecular weight is 1150 g/mol. The molecule has 3 aliphatic rings. The number of carbonyl (C=O) groups excluding carboxylic acids is 4. The lowest BCUT2D eigenvalue weighted by atomic mass is 10.0. The first-order valence-corrected chi connectivity index (χ1v) is 29.4. The van der Waals surface area contributed by atoms with Crippen molar-refractivity contribution >= 4 is 41.2 Å². The van der Waals surface area contributed by atoms with E-state index in [1.54, 1.807) is 24.3 Å². The van der Waals surface area contributed by atoms with E-state index in [1.165, 1.54) is 0 Å². The van der Waals surface area contributed by atoms with Gasteiger partial charge in [0, 0.05) is 68.1 Å². The third kappa shape index (κ3) is 25.2. The predicted octanol–water partition coefficient (Wildman–Crippen LogP) is 5.66. The summed E-state index contributed by atoms with van der Waals surface area (Å²) in [5.74, 6) is 0.607. The smallest absolute Gasteiger partial charge is 0.442 e. The Balaban J connectivity index is 0.771. The van der Waals surface area contributed by atoms with Crippen molar-refractivity contribution in [1.82, 2.24) is 42.5 Å². The number of nitrogens with one attached hydrogen (secondary N) is 8. The minimum Gasteiger partial charge on any atom is -0.508 e. The SMILES string of the molecule is O=C(CCCC[C@@H]1SC[C@@H]2NC(=O)N[C@@H]21)NCCOCCOCCOCCCCCCCCC(=O)N[C@@H](Cc1ccc(O)cc1)C(=O)NCCCNCCCCNCCCNCCOc1cc([N+](=O)[O-])cc(C2(C(F)(F)F)N=N2)c1. The molecule has 0 radical (unpaired) electrons. The normalized spacial score (nSPS) is 17.3. The van der Waals surface area contributed by atoms with E-state index in [0.29, 0.717) is 96.8 Å². The first kappa shape index (κ1) is 65.4. The zero-order valence-electron chi connectivity index (χ0n) is 45.9. The topological polar surface area (TPSA) is 290 Å². The van der Waals surface area contributed by atoms with Crippen molar-refractivity contribution in [1.29, 1.82) is 0 Å². The summed E-state index contributed by atoms with van der Waals surface area (Å²) in [6.45, 7) is 8.23. The molecule has 22 nitrogen and oxygen atoms in total. The summed E-state index contributed by atoms with van der Waals surface area (Å²) in [6.07, 6.45) is 8.20. The number of fused-ring (bicyclic) bond motifs is 1. The lowest BCUT2D eigenvalue weighted by molar-refractivity contribution is -0.385. The van der Waals surface area contributed by atoms with Gasteiger partial charge >= 0.3 is 17.9 Å². The van der Waals surface area contributed by atoms with Crippen LogP contribution < -0.4 is 47.3 Å². The number of alkyl halides is 3. The number of nitro groups is 1. The van der Waals surface area contributed by atoms with Crippen molar-refractivity contribution in [2.45, 2.75) is 138 Å². The number of rotatable bonds is 46. The number of amides is 5. The van der Waals surface area contributed by atoms with Gasteiger partial charge < -0.3 is 66.6 Å². The van der Waals surface area contributed by atoms with Gasteiger partial charge in [-0.3, -0.25) is 24.5 Å². The quantitative estimate of drug-likeness (QED) is 0.0167. The van der Waals surface area contributed by atoms with E-state index >= 15 is 0 Å². The van der Waals surface area contributed by atoms with Crippen molar-refractivity contribution in [2.24, 2.45) is 10.2 Å². The number of carbonyl (C=O) groups is 4. The Morgan fingerprint density at radius 1 is 0.713 bits per heavy atom. The maximum atomic E-state index is 13.4. The second-order valence-electron chi connectivity index (χ2n) is 20.1. The number of non-ortho nitro benzene ring substituents is 1. The molecular weight excluding hydrogens is 1070 g/mol. The molecule has 4 atom stereocenters. The van der Waals surface area contributed by atoms with Gasteiger partial charge in [0.2, 0.25) is 17.7 Å². The van der Waals surface area contributed by atoms with E-state index < -0.39 is 34.1 Å². The number of phenols is 1. The summed E-state index contributed by atoms with van der Waals surface area (Å²) < 4.78 is 62.7. The van der Waals surface area contributed by atoms with Gasteiger partial charge in [0.15, 0.2) is 0 Å². The number of halogens is 3. The first-order valence-electron chi connectivity index (χ1n) is 28.3. The summed E-state index contributed by atoms with van der Waals surface area (Å²) in [4.78, 5) is 60.4. The van der Waals surface area contributed by atoms with E-state index in [-0.39, 0.29) is 53.9 Å². The molecule has 3 heterocycles. The summed E-state index contributed by atoms with van der Waals surface area (Å²) in [5.41, 5.74) is -2.95. The lowest BCUT2D eigenvalue weighted by Crippen LogP contribution is -2.48. The number of aromatic hydroxyl groups is 1. The minimum absolute atomic E-state index is 0.0270. The second kappa shape index (κ2) is 36.9. The fourth-order valence-electron chi connectivity index (χ4n) is 9.13. The molecule has 0 aromatic heterocycles. The van der Waals surface area contributed by atoms with Crippen molar-refractivity contribution < 1.29 is 61.3 Å². The molecule has 5 amide bonds. The molecule has 0 aliphatic carbocycles. The summed E-state index contributed by atoms with van der Waals surface area (Å²) in [6, 6.07) is 9.18. The number of hydrogen-bond acceptors (Lipinski definition) is 17. The number of phenolic OH excluding ortho intramolecular Hbond substituents is 1. The van der Waals surface area contributed by atoms with Crippen molar-refractivity contribution in [3.63, 3.8) is 0 Å². The van der Waals surface area contributed by atoms with Crippen molar-refractivity contribution in [3.8, 4) is 11.5 Å². The van der Waals surface area contributed by atoms with Crippen LogP contribution in [0.15, 0.2) is 52.7 Å². The third-order valence-corrected chi connectivity index (χ3v) is 15.1. The summed E-state index contributed by atoms with van der Waals surface area (Å²) in [5, 5.41) is 52.4. The van der Waals surface area contributed by atoms with E-state index in [1.807, 2.05) is 11.8 Å². The van der Waals surface area contributed by atoms with Gasteiger partial charge in [0.1, 0.15) is 24.1 Å². The largest absolute Gasteiger partial charge is 0.508 e. The molecule has 0 unspecified atom stereocenters. The van der Waals surface area contributed by atoms with Crippen LogP contribution in [0, 0.1) is 10.1 Å². The van der Waals surface area contributed by atoms with Crippen LogP contribution in [0.25, 0.3) is 0 Å². The maximum absolute atomic E-state index is 13.4. The van der Waals surface area contributed by atoms with E-state index in [0.717, 1.165) is 133 Å². The van der Waals surface area contributed by atoms with Crippen molar-refractivity contribution in [3.05, 3.63) is 63.7 Å². The van der Waals surface area contributed by atoms with Gasteiger partial charge in [-0.15, -0.1) is 10.2 Å². The van der Waals surface area contributed by atoms with E-state index in [2.05, 4.69) is 52.8 Å². The van der Waals surface area contributed by atoms with Crippen LogP contribution in [0.1, 0.15) is 107 Å². The standard InChI is InChI=1S/C54H84F3N11O11S/c55-54(56,57)53(66-67-53)41-36-42(68(74)75)38-44(37-41)79-30-26-60-23-11-22-58-20-8-9-21-59-24-12-25-62-51(72)45(35-40-16-18-43(69)19-17-40)63-49(71)15-5-3-1-2-4-10-28-76-31-33-78-34-32-77-29-27-61-48(70)14-7-6-13-47-50-46(39-80-47)64-52(73)65-50/h16-19,36-38,45-47,50,58-60,69H,1-15,20-35,39H2,(H,61,70)(H,62,72)(H,63,71)(H2,64,65,73)/t45-,46-,47-,50-/m0/s1. The Morgan fingerprint density at radius 3 is 2.01 bits per heavy atom. The minimum atomic E-state index is -4.81. The van der Waals surface area contributed by atoms with Crippen LogP contribution in [0.5, 0.6) is 11.5 Å². The highest BCUT2D eigenvalue weighted by molar-refractivity contribution is 8.00. The fraction of sp³-hybridized carbons (Fsp3) is 0.704. The molecule has 0 saturated carbocycles. The Labute approximate surface area is 471 Å². The first-order chi connectivity index (χ1) is 38.7. The number of unbranched alkanes of at least 4 members (excludes halogenated alkanes) is 7. The van der Waals surface area contributed by atoms with Gasteiger partial charge in [0.05, 0.1) is 56.1 Å². The van der Waals surface area contributed by atoms with E-state index in [4.69, 9.17) is 18.9 Å². The molecule has 2 aromatic rings. The number of nitrogens with zero attached hydrogens (tertiary/aromatic N) is 3. The Kier molecular flexibility index (Phi) is 30.2. The number of thioether (sulfide) groups is 1. The zero-order valence-corrected chi connectivity index (χ0v) is 46.7. The molecule has 5 rings (SSSR count). The van der Waals surface area contributed by atoms with Crippen LogP contribution in [-0.4, -0.2) is 168 Å². The molecule has 2 fully saturated rings. The molecule has 2 aromatic carbocycles. The van der Waals surface area contributed by atoms with E-state index in [9.17, 15) is 47.6 Å². The second-order valence-corrected chi connectivity index (χ2v) is 21.3. The Morgan fingerprint density at radius 2 is 1.32 bits per heavy atom. The van der Waals surface area contributed by atoms with Crippen LogP contribution in [-0.2, 0) is 40.7 Å². The van der Waals surface area contributed by atoms with Crippen LogP contribution in [0.3, 0.4) is 0 Å². The molecule has 448 valence electrons. The maximum Gasteiger partial charge on any atom is 0.442 e. The number of benzene rings is 2. The van der Waals surface area contributed by atoms with Gasteiger partial charge in [-0.25, -0.2) is 4.79 Å². The fourth-order valence-corrected chi connectivity index (χ4v) is 10.7. The summed E-state index contributed by atoms with van der Waals surface area (Å²) >= 11 is 1.89. The van der Waals surface area contributed by atoms with Crippen LogP contribution in [0.4, 0.5) is 23.7 Å². The number of nitro benzene ring substituents is 1. The number of urea groups is 1. The highest BCUT2D eigenvalue weighted by Crippen LogP contribution is 2.53. The molecule has 3 aliphatic heterocycles. The van der Waals surface area contributed by atoms with Gasteiger partial charge in [-0.2, -0.15) is 24.9 Å². The highest BCUT2D eigenvalue weighted by Gasteiger charge is 2.65. The molecular formula is C54H84F3N11O11S.